The van der Waals surface area contributed by atoms with Crippen LogP contribution in [0.5, 0.6) is 11.5 Å². The highest BCUT2D eigenvalue weighted by Gasteiger charge is 2.17. The number of thiazole rings is 1. The van der Waals surface area contributed by atoms with Gasteiger partial charge in [-0.3, -0.25) is 10.2 Å². The first-order valence-electron chi connectivity index (χ1n) is 8.25. The van der Waals surface area contributed by atoms with Crippen molar-refractivity contribution in [2.24, 2.45) is 5.10 Å². The molecule has 10 heteroatoms. The summed E-state index contributed by atoms with van der Waals surface area (Å²) in [6.45, 7) is 2.07. The molecule has 0 atom stereocenters. The number of hydrogen-bond donors (Lipinski definition) is 1. The largest absolute Gasteiger partial charge is 0.497 e. The van der Waals surface area contributed by atoms with Crippen molar-refractivity contribution in [3.63, 3.8) is 0 Å². The number of carbonyl (C=O) groups is 2. The summed E-state index contributed by atoms with van der Waals surface area (Å²) in [5.74, 6) is -0.0449. The van der Waals surface area contributed by atoms with E-state index in [4.69, 9.17) is 18.9 Å². The van der Waals surface area contributed by atoms with Crippen LogP contribution in [-0.2, 0) is 20.7 Å². The van der Waals surface area contributed by atoms with Crippen LogP contribution < -0.4 is 14.9 Å². The Bertz CT molecular complexity index is 865. The fraction of sp³-hybridized carbons (Fsp3) is 0.333. The Morgan fingerprint density at radius 3 is 2.68 bits per heavy atom. The van der Waals surface area contributed by atoms with E-state index in [1.807, 2.05) is 0 Å². The van der Waals surface area contributed by atoms with Crippen molar-refractivity contribution in [3.05, 3.63) is 34.3 Å². The first-order chi connectivity index (χ1) is 13.5. The van der Waals surface area contributed by atoms with Crippen molar-refractivity contribution in [1.82, 2.24) is 4.98 Å². The minimum absolute atomic E-state index is 0.0918. The molecule has 0 saturated carbocycles. The molecule has 1 aromatic heterocycles. The molecule has 2 aromatic rings. The van der Waals surface area contributed by atoms with E-state index in [0.717, 1.165) is 0 Å². The lowest BCUT2D eigenvalue weighted by Crippen LogP contribution is -2.08. The van der Waals surface area contributed by atoms with Gasteiger partial charge in [-0.25, -0.2) is 9.78 Å². The average molecular weight is 407 g/mol. The summed E-state index contributed by atoms with van der Waals surface area (Å²) in [6, 6.07) is 3.17. The van der Waals surface area contributed by atoms with Gasteiger partial charge in [0.25, 0.3) is 0 Å². The summed E-state index contributed by atoms with van der Waals surface area (Å²) in [6.07, 6.45) is 1.52. The molecule has 0 saturated heterocycles. The third-order valence-corrected chi connectivity index (χ3v) is 4.31. The minimum Gasteiger partial charge on any atom is -0.497 e. The molecule has 28 heavy (non-hydrogen) atoms. The van der Waals surface area contributed by atoms with Crippen LogP contribution in [-0.4, -0.2) is 51.1 Å². The van der Waals surface area contributed by atoms with Gasteiger partial charge in [-0.05, 0) is 13.0 Å². The number of carbonyl (C=O) groups excluding carboxylic acids is 2. The van der Waals surface area contributed by atoms with Crippen LogP contribution in [0.15, 0.2) is 22.6 Å². The SMILES string of the molecule is CCOC(=O)Cc1csc(NN=Cc2c(OC)cc(OC)cc2C(=O)OC)n1. The molecule has 0 radical (unpaired) electrons. The highest BCUT2D eigenvalue weighted by atomic mass is 32.1. The van der Waals surface area contributed by atoms with E-state index < -0.39 is 5.97 Å². The van der Waals surface area contributed by atoms with Crippen molar-refractivity contribution in [3.8, 4) is 11.5 Å². The van der Waals surface area contributed by atoms with E-state index in [1.54, 1.807) is 18.4 Å². The van der Waals surface area contributed by atoms with Crippen LogP contribution >= 0.6 is 11.3 Å². The van der Waals surface area contributed by atoms with Crippen LogP contribution in [0.25, 0.3) is 0 Å². The van der Waals surface area contributed by atoms with Gasteiger partial charge in [0.1, 0.15) is 11.5 Å². The maximum atomic E-state index is 12.1. The van der Waals surface area contributed by atoms with E-state index in [9.17, 15) is 9.59 Å². The molecular formula is C18H21N3O6S. The quantitative estimate of drug-likeness (QED) is 0.384. The Morgan fingerprint density at radius 1 is 1.25 bits per heavy atom. The monoisotopic (exact) mass is 407 g/mol. The summed E-state index contributed by atoms with van der Waals surface area (Å²) in [5, 5.41) is 6.34. The number of hydrazone groups is 1. The van der Waals surface area contributed by atoms with E-state index in [0.29, 0.717) is 34.5 Å². The summed E-state index contributed by atoms with van der Waals surface area (Å²) in [4.78, 5) is 27.8. The first-order valence-corrected chi connectivity index (χ1v) is 9.13. The van der Waals surface area contributed by atoms with Gasteiger partial charge in [0.15, 0.2) is 0 Å². The lowest BCUT2D eigenvalue weighted by Gasteiger charge is -2.11. The molecule has 0 bridgehead atoms. The Kier molecular flexibility index (Phi) is 7.76. The number of aromatic nitrogens is 1. The molecule has 0 fully saturated rings. The van der Waals surface area contributed by atoms with Crippen LogP contribution in [0, 0.1) is 0 Å². The smallest absolute Gasteiger partial charge is 0.338 e. The summed E-state index contributed by atoms with van der Waals surface area (Å²) in [7, 11) is 4.25. The summed E-state index contributed by atoms with van der Waals surface area (Å²) in [5.41, 5.74) is 4.01. The lowest BCUT2D eigenvalue weighted by molar-refractivity contribution is -0.142. The maximum Gasteiger partial charge on any atom is 0.338 e. The highest BCUT2D eigenvalue weighted by Crippen LogP contribution is 2.28. The molecule has 0 aliphatic heterocycles. The number of nitrogens with zero attached hydrogens (tertiary/aromatic N) is 2. The van der Waals surface area contributed by atoms with Crippen LogP contribution in [0.4, 0.5) is 5.13 Å². The van der Waals surface area contributed by atoms with Gasteiger partial charge >= 0.3 is 11.9 Å². The number of methoxy groups -OCH3 is 3. The molecule has 0 unspecified atom stereocenters. The normalized spacial score (nSPS) is 10.6. The van der Waals surface area contributed by atoms with E-state index in [1.165, 1.54) is 44.9 Å². The van der Waals surface area contributed by atoms with E-state index >= 15 is 0 Å². The zero-order valence-electron chi connectivity index (χ0n) is 16.0. The maximum absolute atomic E-state index is 12.1. The zero-order valence-corrected chi connectivity index (χ0v) is 16.8. The van der Waals surface area contributed by atoms with Crippen LogP contribution in [0.1, 0.15) is 28.5 Å². The van der Waals surface area contributed by atoms with Gasteiger partial charge in [0.2, 0.25) is 5.13 Å². The summed E-state index contributed by atoms with van der Waals surface area (Å²) < 4.78 is 20.2. The second kappa shape index (κ2) is 10.3. The Labute approximate surface area is 166 Å². The number of esters is 2. The third-order valence-electron chi connectivity index (χ3n) is 3.51. The Balaban J connectivity index is 2.18. The molecule has 0 aliphatic rings. The predicted molar refractivity (Wildman–Crippen MR) is 105 cm³/mol. The molecular weight excluding hydrogens is 386 g/mol. The van der Waals surface area contributed by atoms with E-state index in [-0.39, 0.29) is 18.0 Å². The lowest BCUT2D eigenvalue weighted by atomic mass is 10.1. The number of hydrogen-bond acceptors (Lipinski definition) is 10. The zero-order chi connectivity index (χ0) is 20.5. The molecule has 1 N–H and O–H groups in total. The summed E-state index contributed by atoms with van der Waals surface area (Å²) >= 11 is 1.29. The second-order valence-corrected chi connectivity index (χ2v) is 6.14. The van der Waals surface area contributed by atoms with Crippen molar-refractivity contribution >= 4 is 34.6 Å². The van der Waals surface area contributed by atoms with Crippen molar-refractivity contribution in [2.45, 2.75) is 13.3 Å². The van der Waals surface area contributed by atoms with Crippen molar-refractivity contribution in [2.75, 3.05) is 33.4 Å². The fourth-order valence-corrected chi connectivity index (χ4v) is 2.91. The van der Waals surface area contributed by atoms with Crippen LogP contribution in [0.3, 0.4) is 0 Å². The molecule has 0 amide bonds. The van der Waals surface area contributed by atoms with Gasteiger partial charge in [-0.1, -0.05) is 0 Å². The number of rotatable bonds is 9. The van der Waals surface area contributed by atoms with Gasteiger partial charge in [-0.15, -0.1) is 11.3 Å². The van der Waals surface area contributed by atoms with Gasteiger partial charge < -0.3 is 18.9 Å². The molecule has 0 spiro atoms. The second-order valence-electron chi connectivity index (χ2n) is 5.28. The molecule has 2 rings (SSSR count). The van der Waals surface area contributed by atoms with Gasteiger partial charge in [0, 0.05) is 11.4 Å². The predicted octanol–water partition coefficient (Wildman–Crippen LogP) is 2.50. The topological polar surface area (TPSA) is 108 Å². The highest BCUT2D eigenvalue weighted by molar-refractivity contribution is 7.13. The third kappa shape index (κ3) is 5.43. The van der Waals surface area contributed by atoms with Crippen LogP contribution in [0.2, 0.25) is 0 Å². The van der Waals surface area contributed by atoms with E-state index in [2.05, 4.69) is 15.5 Å². The molecule has 0 aliphatic carbocycles. The first kappa shape index (κ1) is 21.2. The van der Waals surface area contributed by atoms with Crippen molar-refractivity contribution in [1.29, 1.82) is 0 Å². The average Bonchev–Trinajstić information content (AvgIpc) is 3.14. The number of ether oxygens (including phenoxy) is 4. The molecule has 150 valence electrons. The molecule has 9 nitrogen and oxygen atoms in total. The van der Waals surface area contributed by atoms with Crippen molar-refractivity contribution < 1.29 is 28.5 Å². The fourth-order valence-electron chi connectivity index (χ4n) is 2.25. The standard InChI is InChI=1S/C18H21N3O6S/c1-5-27-16(22)6-11-10-28-18(20-11)21-19-9-14-13(17(23)26-4)7-12(24-2)8-15(14)25-3/h7-10H,5-6H2,1-4H3,(H,20,21). The Morgan fingerprint density at radius 2 is 2.04 bits per heavy atom. The number of anilines is 1. The van der Waals surface area contributed by atoms with Gasteiger partial charge in [-0.2, -0.15) is 5.10 Å². The minimum atomic E-state index is -0.551. The molecule has 1 aromatic carbocycles. The van der Waals surface area contributed by atoms with Gasteiger partial charge in [0.05, 0.1) is 57.4 Å². The number of benzene rings is 1. The molecule has 1 heterocycles. The Hall–Kier alpha value is -3.14. The number of nitrogens with one attached hydrogen (secondary N) is 1.